The fourth-order valence-electron chi connectivity index (χ4n) is 2.62. The van der Waals surface area contributed by atoms with Gasteiger partial charge in [0.05, 0.1) is 0 Å². The summed E-state index contributed by atoms with van der Waals surface area (Å²) in [7, 11) is 0. The molecule has 0 aromatic heterocycles. The fraction of sp³-hybridized carbons (Fsp3) is 0.500. The van der Waals surface area contributed by atoms with E-state index in [2.05, 4.69) is 16.3 Å². The van der Waals surface area contributed by atoms with Crippen molar-refractivity contribution in [1.82, 2.24) is 9.80 Å². The van der Waals surface area contributed by atoms with Gasteiger partial charge in [0.15, 0.2) is 0 Å². The molecule has 1 N–H and O–H groups in total. The van der Waals surface area contributed by atoms with Gasteiger partial charge in [0.25, 0.3) is 0 Å². The average Bonchev–Trinajstić information content (AvgIpc) is 2.44. The van der Waals surface area contributed by atoms with Gasteiger partial charge in [-0.05, 0) is 37.1 Å². The van der Waals surface area contributed by atoms with E-state index in [9.17, 15) is 9.59 Å². The molecule has 0 radical (unpaired) electrons. The van der Waals surface area contributed by atoms with Gasteiger partial charge in [-0.15, -0.1) is 0 Å². The Morgan fingerprint density at radius 2 is 1.76 bits per heavy atom. The van der Waals surface area contributed by atoms with Crippen molar-refractivity contribution in [3.8, 4) is 0 Å². The van der Waals surface area contributed by atoms with Crippen molar-refractivity contribution in [2.75, 3.05) is 38.0 Å². The fourth-order valence-corrected chi connectivity index (χ4v) is 2.62. The van der Waals surface area contributed by atoms with E-state index < -0.39 is 0 Å². The number of hydrogen-bond acceptors (Lipinski definition) is 3. The molecular weight excluding hydrogens is 266 g/mol. The maximum Gasteiger partial charge on any atom is 0.225 e. The van der Waals surface area contributed by atoms with Crippen molar-refractivity contribution in [2.24, 2.45) is 0 Å². The number of rotatable bonds is 5. The van der Waals surface area contributed by atoms with Crippen molar-refractivity contribution in [2.45, 2.75) is 20.3 Å². The van der Waals surface area contributed by atoms with Gasteiger partial charge in [0, 0.05) is 44.8 Å². The average molecular weight is 289 g/mol. The SMILES string of the molecule is Cc1cc(C)cc(NC(=O)CCN2CCN(C=O)CC2)c1. The summed E-state index contributed by atoms with van der Waals surface area (Å²) in [5.41, 5.74) is 3.16. The van der Waals surface area contributed by atoms with E-state index in [1.807, 2.05) is 26.0 Å². The van der Waals surface area contributed by atoms with Gasteiger partial charge < -0.3 is 10.2 Å². The molecule has 1 aliphatic rings. The Morgan fingerprint density at radius 3 is 2.33 bits per heavy atom. The molecule has 2 amide bonds. The summed E-state index contributed by atoms with van der Waals surface area (Å²) < 4.78 is 0. The van der Waals surface area contributed by atoms with Crippen LogP contribution in [0, 0.1) is 13.8 Å². The van der Waals surface area contributed by atoms with Gasteiger partial charge in [-0.2, -0.15) is 0 Å². The number of piperazine rings is 1. The van der Waals surface area contributed by atoms with Gasteiger partial charge in [0.1, 0.15) is 0 Å². The van der Waals surface area contributed by atoms with Crippen LogP contribution in [-0.2, 0) is 9.59 Å². The topological polar surface area (TPSA) is 52.7 Å². The van der Waals surface area contributed by atoms with Crippen LogP contribution in [0.2, 0.25) is 0 Å². The zero-order chi connectivity index (χ0) is 15.2. The number of carbonyl (C=O) groups excluding carboxylic acids is 2. The zero-order valence-corrected chi connectivity index (χ0v) is 12.8. The van der Waals surface area contributed by atoms with Crippen LogP contribution in [0.4, 0.5) is 5.69 Å². The molecular formula is C16H23N3O2. The molecule has 1 aromatic rings. The molecule has 114 valence electrons. The Balaban J connectivity index is 1.76. The summed E-state index contributed by atoms with van der Waals surface area (Å²) in [6.07, 6.45) is 1.37. The molecule has 0 spiro atoms. The molecule has 0 unspecified atom stereocenters. The Bertz CT molecular complexity index is 488. The van der Waals surface area contributed by atoms with Crippen molar-refractivity contribution in [3.05, 3.63) is 29.3 Å². The molecule has 2 rings (SSSR count). The molecule has 1 aliphatic heterocycles. The van der Waals surface area contributed by atoms with Gasteiger partial charge >= 0.3 is 0 Å². The van der Waals surface area contributed by atoms with Crippen LogP contribution in [0.1, 0.15) is 17.5 Å². The summed E-state index contributed by atoms with van der Waals surface area (Å²) in [4.78, 5) is 26.6. The highest BCUT2D eigenvalue weighted by Gasteiger charge is 2.16. The van der Waals surface area contributed by atoms with E-state index >= 15 is 0 Å². The predicted octanol–water partition coefficient (Wildman–Crippen LogP) is 1.41. The largest absolute Gasteiger partial charge is 0.343 e. The summed E-state index contributed by atoms with van der Waals surface area (Å²) in [5.74, 6) is 0.0396. The minimum absolute atomic E-state index is 0.0396. The van der Waals surface area contributed by atoms with Crippen LogP contribution in [-0.4, -0.2) is 54.8 Å². The van der Waals surface area contributed by atoms with Crippen LogP contribution < -0.4 is 5.32 Å². The Hall–Kier alpha value is -1.88. The lowest BCUT2D eigenvalue weighted by Gasteiger charge is -2.32. The first-order valence-electron chi connectivity index (χ1n) is 7.36. The third-order valence-electron chi connectivity index (χ3n) is 3.72. The van der Waals surface area contributed by atoms with Crippen LogP contribution in [0.25, 0.3) is 0 Å². The molecule has 5 nitrogen and oxygen atoms in total. The zero-order valence-electron chi connectivity index (χ0n) is 12.8. The first-order chi connectivity index (χ1) is 10.1. The highest BCUT2D eigenvalue weighted by atomic mass is 16.1. The Labute approximate surface area is 125 Å². The summed E-state index contributed by atoms with van der Waals surface area (Å²) in [5, 5.41) is 2.95. The van der Waals surface area contributed by atoms with Gasteiger partial charge in [-0.3, -0.25) is 14.5 Å². The summed E-state index contributed by atoms with van der Waals surface area (Å²) in [6.45, 7) is 7.98. The normalized spacial score (nSPS) is 15.8. The van der Waals surface area contributed by atoms with Crippen LogP contribution in [0.5, 0.6) is 0 Å². The highest BCUT2D eigenvalue weighted by molar-refractivity contribution is 5.91. The molecule has 1 aromatic carbocycles. The molecule has 1 fully saturated rings. The third-order valence-corrected chi connectivity index (χ3v) is 3.72. The highest BCUT2D eigenvalue weighted by Crippen LogP contribution is 2.14. The van der Waals surface area contributed by atoms with E-state index in [0.29, 0.717) is 6.42 Å². The molecule has 21 heavy (non-hydrogen) atoms. The number of anilines is 1. The van der Waals surface area contributed by atoms with Gasteiger partial charge in [-0.25, -0.2) is 0 Å². The number of amides is 2. The minimum Gasteiger partial charge on any atom is -0.343 e. The van der Waals surface area contributed by atoms with Crippen LogP contribution in [0.15, 0.2) is 18.2 Å². The molecule has 1 saturated heterocycles. The van der Waals surface area contributed by atoms with Gasteiger partial charge in [-0.1, -0.05) is 6.07 Å². The van der Waals surface area contributed by atoms with E-state index in [1.54, 1.807) is 4.90 Å². The number of nitrogens with zero attached hydrogens (tertiary/aromatic N) is 2. The minimum atomic E-state index is 0.0396. The van der Waals surface area contributed by atoms with E-state index in [4.69, 9.17) is 0 Å². The van der Waals surface area contributed by atoms with Gasteiger partial charge in [0.2, 0.25) is 12.3 Å². The number of benzene rings is 1. The van der Waals surface area contributed by atoms with Crippen molar-refractivity contribution in [3.63, 3.8) is 0 Å². The molecule has 0 bridgehead atoms. The van der Waals surface area contributed by atoms with Crippen molar-refractivity contribution >= 4 is 18.0 Å². The molecule has 0 atom stereocenters. The lowest BCUT2D eigenvalue weighted by molar-refractivity contribution is -0.120. The number of aryl methyl sites for hydroxylation is 2. The number of carbonyl (C=O) groups is 2. The second kappa shape index (κ2) is 7.22. The lowest BCUT2D eigenvalue weighted by Crippen LogP contribution is -2.46. The first kappa shape index (κ1) is 15.5. The first-order valence-corrected chi connectivity index (χ1v) is 7.36. The monoisotopic (exact) mass is 289 g/mol. The predicted molar refractivity (Wildman–Crippen MR) is 83.2 cm³/mol. The molecule has 0 saturated carbocycles. The Morgan fingerprint density at radius 1 is 1.14 bits per heavy atom. The summed E-state index contributed by atoms with van der Waals surface area (Å²) >= 11 is 0. The van der Waals surface area contributed by atoms with E-state index in [0.717, 1.165) is 55.9 Å². The standard InChI is InChI=1S/C16H23N3O2/c1-13-9-14(2)11-15(10-13)17-16(21)3-4-18-5-7-19(12-20)8-6-18/h9-12H,3-8H2,1-2H3,(H,17,21). The van der Waals surface area contributed by atoms with Crippen LogP contribution >= 0.6 is 0 Å². The van der Waals surface area contributed by atoms with E-state index in [1.165, 1.54) is 0 Å². The number of nitrogens with one attached hydrogen (secondary N) is 1. The second-order valence-corrected chi connectivity index (χ2v) is 5.66. The third kappa shape index (κ3) is 4.86. The quantitative estimate of drug-likeness (QED) is 0.834. The molecule has 5 heteroatoms. The molecule has 1 heterocycles. The molecule has 0 aliphatic carbocycles. The van der Waals surface area contributed by atoms with Crippen molar-refractivity contribution < 1.29 is 9.59 Å². The maximum absolute atomic E-state index is 12.0. The lowest BCUT2D eigenvalue weighted by atomic mass is 10.1. The van der Waals surface area contributed by atoms with Crippen LogP contribution in [0.3, 0.4) is 0 Å². The maximum atomic E-state index is 12.0. The van der Waals surface area contributed by atoms with Crippen molar-refractivity contribution in [1.29, 1.82) is 0 Å². The smallest absolute Gasteiger partial charge is 0.225 e. The second-order valence-electron chi connectivity index (χ2n) is 5.66. The number of hydrogen-bond donors (Lipinski definition) is 1. The Kier molecular flexibility index (Phi) is 5.33. The van der Waals surface area contributed by atoms with E-state index in [-0.39, 0.29) is 5.91 Å². The summed E-state index contributed by atoms with van der Waals surface area (Å²) in [6, 6.07) is 6.05.